The molecule has 2 heterocycles. The minimum atomic E-state index is -0.214. The highest BCUT2D eigenvalue weighted by Crippen LogP contribution is 2.25. The third kappa shape index (κ3) is 2.13. The highest BCUT2D eigenvalue weighted by molar-refractivity contribution is 5.88. The van der Waals surface area contributed by atoms with Gasteiger partial charge in [0.05, 0.1) is 5.56 Å². The molecule has 0 bridgehead atoms. The molecule has 17 heavy (non-hydrogen) atoms. The van der Waals surface area contributed by atoms with E-state index >= 15 is 0 Å². The largest absolute Gasteiger partial charge is 0.357 e. The molecule has 0 saturated carbocycles. The number of likely N-dealkylation sites (N-methyl/N-ethyl adjacent to an activating group) is 1. The third-order valence-corrected chi connectivity index (χ3v) is 3.02. The van der Waals surface area contributed by atoms with Gasteiger partial charge in [-0.05, 0) is 25.0 Å². The van der Waals surface area contributed by atoms with Gasteiger partial charge in [0.25, 0.3) is 0 Å². The van der Waals surface area contributed by atoms with Crippen LogP contribution in [0.4, 0.5) is 5.82 Å². The molecule has 1 unspecified atom stereocenters. The number of carbonyl (C=O) groups is 2. The van der Waals surface area contributed by atoms with Crippen molar-refractivity contribution in [1.82, 2.24) is 10.3 Å². The Hall–Kier alpha value is -1.91. The number of amides is 1. The van der Waals surface area contributed by atoms with Gasteiger partial charge in [0.15, 0.2) is 6.29 Å². The molecular weight excluding hydrogens is 218 g/mol. The zero-order valence-electron chi connectivity index (χ0n) is 9.72. The first kappa shape index (κ1) is 11.6. The van der Waals surface area contributed by atoms with Crippen LogP contribution in [0.15, 0.2) is 18.3 Å². The van der Waals surface area contributed by atoms with E-state index in [-0.39, 0.29) is 11.9 Å². The Morgan fingerprint density at radius 1 is 1.65 bits per heavy atom. The number of nitrogens with zero attached hydrogens (tertiary/aromatic N) is 2. The molecule has 5 heteroatoms. The van der Waals surface area contributed by atoms with Crippen LogP contribution in [0.1, 0.15) is 23.2 Å². The second-order valence-electron chi connectivity index (χ2n) is 4.00. The Labute approximate surface area is 99.8 Å². The highest BCUT2D eigenvalue weighted by atomic mass is 16.2. The van der Waals surface area contributed by atoms with Gasteiger partial charge in [0.2, 0.25) is 5.91 Å². The summed E-state index contributed by atoms with van der Waals surface area (Å²) in [5.74, 6) is 0.582. The number of pyridine rings is 1. The maximum absolute atomic E-state index is 11.7. The van der Waals surface area contributed by atoms with Crippen LogP contribution < -0.4 is 10.2 Å². The number of aldehydes is 1. The molecule has 0 aliphatic carbocycles. The standard InChI is InChI=1S/C12H15N3O2/c1-13-12(17)10-5-3-7-15(10)11-9(8-16)4-2-6-14-11/h2,4,6,8,10H,3,5,7H2,1H3,(H,13,17). The number of anilines is 1. The molecule has 90 valence electrons. The molecule has 1 atom stereocenters. The molecule has 1 aromatic rings. The average Bonchev–Trinajstić information content (AvgIpc) is 2.86. The maximum atomic E-state index is 11.7. The van der Waals surface area contributed by atoms with Gasteiger partial charge >= 0.3 is 0 Å². The van der Waals surface area contributed by atoms with E-state index in [2.05, 4.69) is 10.3 Å². The van der Waals surface area contributed by atoms with E-state index in [1.807, 2.05) is 4.90 Å². The van der Waals surface area contributed by atoms with Crippen molar-refractivity contribution in [1.29, 1.82) is 0 Å². The summed E-state index contributed by atoms with van der Waals surface area (Å²) in [5, 5.41) is 2.65. The Morgan fingerprint density at radius 2 is 2.47 bits per heavy atom. The first-order valence-corrected chi connectivity index (χ1v) is 5.66. The Morgan fingerprint density at radius 3 is 3.18 bits per heavy atom. The number of hydrogen-bond acceptors (Lipinski definition) is 4. The Kier molecular flexibility index (Phi) is 3.37. The molecular formula is C12H15N3O2. The molecule has 1 saturated heterocycles. The minimum absolute atomic E-state index is 0.0231. The fourth-order valence-electron chi connectivity index (χ4n) is 2.20. The summed E-state index contributed by atoms with van der Waals surface area (Å²) in [4.78, 5) is 28.8. The Bertz CT molecular complexity index is 434. The number of aromatic nitrogens is 1. The van der Waals surface area contributed by atoms with Crippen molar-refractivity contribution in [3.63, 3.8) is 0 Å². The topological polar surface area (TPSA) is 62.3 Å². The fourth-order valence-corrected chi connectivity index (χ4v) is 2.20. The van der Waals surface area contributed by atoms with Crippen LogP contribution >= 0.6 is 0 Å². The molecule has 1 N–H and O–H groups in total. The molecule has 1 aliphatic heterocycles. The van der Waals surface area contributed by atoms with Crippen LogP contribution in [0.25, 0.3) is 0 Å². The number of nitrogens with one attached hydrogen (secondary N) is 1. The zero-order valence-corrected chi connectivity index (χ0v) is 9.72. The number of hydrogen-bond donors (Lipinski definition) is 1. The van der Waals surface area contributed by atoms with Crippen molar-refractivity contribution in [2.45, 2.75) is 18.9 Å². The second kappa shape index (κ2) is 4.95. The number of rotatable bonds is 3. The summed E-state index contributed by atoms with van der Waals surface area (Å²) in [6.45, 7) is 0.760. The van der Waals surface area contributed by atoms with Crippen LogP contribution in [0.3, 0.4) is 0 Å². The maximum Gasteiger partial charge on any atom is 0.242 e. The summed E-state index contributed by atoms with van der Waals surface area (Å²) in [7, 11) is 1.62. The lowest BCUT2D eigenvalue weighted by Gasteiger charge is -2.25. The second-order valence-corrected chi connectivity index (χ2v) is 4.00. The van der Waals surface area contributed by atoms with Crippen molar-refractivity contribution < 1.29 is 9.59 Å². The van der Waals surface area contributed by atoms with Gasteiger partial charge in [0, 0.05) is 19.8 Å². The van der Waals surface area contributed by atoms with Gasteiger partial charge in [-0.25, -0.2) is 4.98 Å². The van der Waals surface area contributed by atoms with Crippen molar-refractivity contribution in [3.8, 4) is 0 Å². The molecule has 5 nitrogen and oxygen atoms in total. The Balaban J connectivity index is 2.32. The minimum Gasteiger partial charge on any atom is -0.357 e. The predicted molar refractivity (Wildman–Crippen MR) is 64.1 cm³/mol. The zero-order chi connectivity index (χ0) is 12.3. The summed E-state index contributed by atoms with van der Waals surface area (Å²) in [6, 6.07) is 3.22. The van der Waals surface area contributed by atoms with E-state index in [1.54, 1.807) is 25.4 Å². The fraction of sp³-hybridized carbons (Fsp3) is 0.417. The van der Waals surface area contributed by atoms with E-state index in [4.69, 9.17) is 0 Å². The lowest BCUT2D eigenvalue weighted by molar-refractivity contribution is -0.121. The van der Waals surface area contributed by atoms with Crippen molar-refractivity contribution in [2.24, 2.45) is 0 Å². The molecule has 1 amide bonds. The van der Waals surface area contributed by atoms with E-state index in [9.17, 15) is 9.59 Å². The molecule has 1 aliphatic rings. The smallest absolute Gasteiger partial charge is 0.242 e. The normalized spacial score (nSPS) is 19.1. The quantitative estimate of drug-likeness (QED) is 0.777. The van der Waals surface area contributed by atoms with E-state index < -0.39 is 0 Å². The molecule has 1 aromatic heterocycles. The average molecular weight is 233 g/mol. The molecule has 1 fully saturated rings. The van der Waals surface area contributed by atoms with Gasteiger partial charge < -0.3 is 10.2 Å². The van der Waals surface area contributed by atoms with Crippen molar-refractivity contribution >= 4 is 18.0 Å². The van der Waals surface area contributed by atoms with Gasteiger partial charge in [-0.3, -0.25) is 9.59 Å². The van der Waals surface area contributed by atoms with Crippen LogP contribution in [0.2, 0.25) is 0 Å². The van der Waals surface area contributed by atoms with E-state index in [0.717, 1.165) is 25.7 Å². The first-order chi connectivity index (χ1) is 8.27. The molecule has 0 aromatic carbocycles. The van der Waals surface area contributed by atoms with Crippen LogP contribution in [-0.2, 0) is 4.79 Å². The van der Waals surface area contributed by atoms with Gasteiger partial charge in [-0.2, -0.15) is 0 Å². The summed E-state index contributed by atoms with van der Waals surface area (Å²) in [6.07, 6.45) is 4.16. The van der Waals surface area contributed by atoms with Crippen molar-refractivity contribution in [3.05, 3.63) is 23.9 Å². The molecule has 0 spiro atoms. The van der Waals surface area contributed by atoms with Crippen LogP contribution in [-0.4, -0.2) is 36.8 Å². The first-order valence-electron chi connectivity index (χ1n) is 5.66. The summed E-state index contributed by atoms with van der Waals surface area (Å²) >= 11 is 0. The van der Waals surface area contributed by atoms with Crippen LogP contribution in [0, 0.1) is 0 Å². The number of carbonyl (C=O) groups excluding carboxylic acids is 2. The van der Waals surface area contributed by atoms with E-state index in [1.165, 1.54) is 0 Å². The molecule has 2 rings (SSSR count). The lowest BCUT2D eigenvalue weighted by atomic mass is 10.2. The summed E-state index contributed by atoms with van der Waals surface area (Å²) in [5.41, 5.74) is 0.531. The van der Waals surface area contributed by atoms with Gasteiger partial charge in [-0.1, -0.05) is 0 Å². The molecule has 0 radical (unpaired) electrons. The van der Waals surface area contributed by atoms with Crippen molar-refractivity contribution in [2.75, 3.05) is 18.5 Å². The van der Waals surface area contributed by atoms with Crippen LogP contribution in [0.5, 0.6) is 0 Å². The highest BCUT2D eigenvalue weighted by Gasteiger charge is 2.31. The van der Waals surface area contributed by atoms with E-state index in [0.29, 0.717) is 11.4 Å². The SMILES string of the molecule is CNC(=O)C1CCCN1c1ncccc1C=O. The monoisotopic (exact) mass is 233 g/mol. The van der Waals surface area contributed by atoms with Gasteiger partial charge in [0.1, 0.15) is 11.9 Å². The lowest BCUT2D eigenvalue weighted by Crippen LogP contribution is -2.42. The predicted octanol–water partition coefficient (Wildman–Crippen LogP) is 0.609. The third-order valence-electron chi connectivity index (χ3n) is 3.02. The van der Waals surface area contributed by atoms with Gasteiger partial charge in [-0.15, -0.1) is 0 Å². The summed E-state index contributed by atoms with van der Waals surface area (Å²) < 4.78 is 0.